The molecule has 2 atom stereocenters. The number of aliphatic hydroxyl groups excluding tert-OH is 1. The standard InChI is InChI=1S/C21H21ClN2O/c1-24-12-4-7-20(24)21(25)17-13-19(14-8-10-15(22)11-9-14)23-18-6-3-2-5-16(17)18/h2-3,5-6,8-11,13,20-21,25H,4,7,12H2,1H3. The summed E-state index contributed by atoms with van der Waals surface area (Å²) in [7, 11) is 2.09. The topological polar surface area (TPSA) is 36.4 Å². The van der Waals surface area contributed by atoms with Gasteiger partial charge in [0.15, 0.2) is 0 Å². The zero-order chi connectivity index (χ0) is 17.4. The molecule has 3 aromatic rings. The number of aliphatic hydroxyl groups is 1. The molecule has 1 aliphatic rings. The minimum atomic E-state index is -0.522. The second-order valence-corrected chi connectivity index (χ2v) is 7.19. The first kappa shape index (κ1) is 16.5. The fraction of sp³-hybridized carbons (Fsp3) is 0.286. The van der Waals surface area contributed by atoms with E-state index >= 15 is 0 Å². The molecule has 0 spiro atoms. The molecule has 2 unspecified atom stereocenters. The van der Waals surface area contributed by atoms with E-state index in [1.54, 1.807) is 0 Å². The van der Waals surface area contributed by atoms with Crippen LogP contribution in [0.4, 0.5) is 0 Å². The quantitative estimate of drug-likeness (QED) is 0.743. The maximum atomic E-state index is 11.1. The highest BCUT2D eigenvalue weighted by Gasteiger charge is 2.30. The van der Waals surface area contributed by atoms with E-state index in [9.17, 15) is 5.11 Å². The van der Waals surface area contributed by atoms with Crippen LogP contribution in [0.3, 0.4) is 0 Å². The largest absolute Gasteiger partial charge is 0.387 e. The highest BCUT2D eigenvalue weighted by Crippen LogP contribution is 2.34. The van der Waals surface area contributed by atoms with Crippen LogP contribution in [0.1, 0.15) is 24.5 Å². The number of aromatic nitrogens is 1. The fourth-order valence-electron chi connectivity index (χ4n) is 3.76. The lowest BCUT2D eigenvalue weighted by atomic mass is 9.95. The van der Waals surface area contributed by atoms with Crippen molar-refractivity contribution in [1.82, 2.24) is 9.88 Å². The lowest BCUT2D eigenvalue weighted by molar-refractivity contribution is 0.0868. The van der Waals surface area contributed by atoms with E-state index < -0.39 is 6.10 Å². The molecule has 25 heavy (non-hydrogen) atoms. The Hall–Kier alpha value is -1.94. The first-order chi connectivity index (χ1) is 12.1. The van der Waals surface area contributed by atoms with Crippen LogP contribution in [0.5, 0.6) is 0 Å². The van der Waals surface area contributed by atoms with Crippen molar-refractivity contribution in [1.29, 1.82) is 0 Å². The summed E-state index contributed by atoms with van der Waals surface area (Å²) < 4.78 is 0. The lowest BCUT2D eigenvalue weighted by Gasteiger charge is -2.26. The van der Waals surface area contributed by atoms with Crippen LogP contribution < -0.4 is 0 Å². The van der Waals surface area contributed by atoms with Gasteiger partial charge in [-0.2, -0.15) is 0 Å². The number of benzene rings is 2. The normalized spacial score (nSPS) is 19.4. The minimum Gasteiger partial charge on any atom is -0.387 e. The number of hydrogen-bond acceptors (Lipinski definition) is 3. The third-order valence-electron chi connectivity index (χ3n) is 5.15. The molecule has 1 N–H and O–H groups in total. The summed E-state index contributed by atoms with van der Waals surface area (Å²) >= 11 is 6.01. The molecule has 1 fully saturated rings. The Morgan fingerprint density at radius 3 is 2.64 bits per heavy atom. The van der Waals surface area contributed by atoms with Gasteiger partial charge in [0.1, 0.15) is 0 Å². The number of halogens is 1. The Balaban J connectivity index is 1.85. The van der Waals surface area contributed by atoms with Crippen molar-refractivity contribution in [3.63, 3.8) is 0 Å². The Morgan fingerprint density at radius 2 is 1.92 bits per heavy atom. The average molecular weight is 353 g/mol. The van der Waals surface area contributed by atoms with Crippen LogP contribution in [-0.4, -0.2) is 34.6 Å². The Bertz CT molecular complexity index is 894. The Labute approximate surface area is 152 Å². The van der Waals surface area contributed by atoms with Crippen LogP contribution >= 0.6 is 11.6 Å². The van der Waals surface area contributed by atoms with Crippen LogP contribution in [0.25, 0.3) is 22.2 Å². The predicted molar refractivity (Wildman–Crippen MR) is 103 cm³/mol. The molecule has 4 rings (SSSR count). The molecule has 0 radical (unpaired) electrons. The van der Waals surface area contributed by atoms with Crippen molar-refractivity contribution in [2.45, 2.75) is 25.0 Å². The summed E-state index contributed by atoms with van der Waals surface area (Å²) in [6.45, 7) is 1.04. The molecule has 1 saturated heterocycles. The van der Waals surface area contributed by atoms with Gasteiger partial charge in [-0.15, -0.1) is 0 Å². The lowest BCUT2D eigenvalue weighted by Crippen LogP contribution is -2.31. The second-order valence-electron chi connectivity index (χ2n) is 6.76. The molecule has 3 nitrogen and oxygen atoms in total. The summed E-state index contributed by atoms with van der Waals surface area (Å²) in [5.74, 6) is 0. The van der Waals surface area contributed by atoms with Crippen molar-refractivity contribution in [3.8, 4) is 11.3 Å². The smallest absolute Gasteiger partial charge is 0.0952 e. The number of nitrogens with zero attached hydrogens (tertiary/aromatic N) is 2. The van der Waals surface area contributed by atoms with Gasteiger partial charge in [0.2, 0.25) is 0 Å². The number of rotatable bonds is 3. The first-order valence-corrected chi connectivity index (χ1v) is 9.05. The van der Waals surface area contributed by atoms with Crippen LogP contribution in [0.2, 0.25) is 5.02 Å². The van der Waals surface area contributed by atoms with Crippen molar-refractivity contribution >= 4 is 22.5 Å². The van der Waals surface area contributed by atoms with Crippen molar-refractivity contribution in [2.24, 2.45) is 0 Å². The van der Waals surface area contributed by atoms with Gasteiger partial charge >= 0.3 is 0 Å². The summed E-state index contributed by atoms with van der Waals surface area (Å²) in [5, 5.41) is 12.8. The monoisotopic (exact) mass is 352 g/mol. The van der Waals surface area contributed by atoms with Gasteiger partial charge in [-0.25, -0.2) is 4.98 Å². The molecule has 0 saturated carbocycles. The summed E-state index contributed by atoms with van der Waals surface area (Å²) in [5.41, 5.74) is 3.73. The maximum Gasteiger partial charge on any atom is 0.0952 e. The van der Waals surface area contributed by atoms with Gasteiger partial charge in [-0.1, -0.05) is 41.9 Å². The van der Waals surface area contributed by atoms with E-state index in [0.717, 1.165) is 47.1 Å². The summed E-state index contributed by atoms with van der Waals surface area (Å²) in [6.07, 6.45) is 1.63. The molecule has 2 heterocycles. The number of para-hydroxylation sites is 1. The molecule has 1 aliphatic heterocycles. The molecule has 1 aromatic heterocycles. The van der Waals surface area contributed by atoms with Crippen molar-refractivity contribution in [2.75, 3.05) is 13.6 Å². The van der Waals surface area contributed by atoms with Gasteiger partial charge in [-0.05, 0) is 56.3 Å². The predicted octanol–water partition coefficient (Wildman–Crippen LogP) is 4.68. The van der Waals surface area contributed by atoms with Gasteiger partial charge in [0, 0.05) is 22.0 Å². The molecule has 128 valence electrons. The zero-order valence-electron chi connectivity index (χ0n) is 14.2. The first-order valence-electron chi connectivity index (χ1n) is 8.67. The van der Waals surface area contributed by atoms with E-state index in [1.807, 2.05) is 54.6 Å². The molecular formula is C21H21ClN2O. The molecule has 2 aromatic carbocycles. The molecule has 0 aliphatic carbocycles. The summed E-state index contributed by atoms with van der Waals surface area (Å²) in [4.78, 5) is 7.05. The second kappa shape index (κ2) is 6.75. The van der Waals surface area contributed by atoms with Crippen LogP contribution in [0.15, 0.2) is 54.6 Å². The van der Waals surface area contributed by atoms with E-state index in [1.165, 1.54) is 0 Å². The van der Waals surface area contributed by atoms with E-state index in [4.69, 9.17) is 16.6 Å². The van der Waals surface area contributed by atoms with Crippen LogP contribution in [0, 0.1) is 0 Å². The highest BCUT2D eigenvalue weighted by molar-refractivity contribution is 6.30. The van der Waals surface area contributed by atoms with E-state index in [2.05, 4.69) is 11.9 Å². The zero-order valence-corrected chi connectivity index (χ0v) is 14.9. The fourth-order valence-corrected chi connectivity index (χ4v) is 3.88. The Kier molecular flexibility index (Phi) is 4.46. The van der Waals surface area contributed by atoms with E-state index in [-0.39, 0.29) is 6.04 Å². The van der Waals surface area contributed by atoms with Crippen LogP contribution in [-0.2, 0) is 0 Å². The highest BCUT2D eigenvalue weighted by atomic mass is 35.5. The molecule has 0 amide bonds. The average Bonchev–Trinajstić information content (AvgIpc) is 3.07. The number of fused-ring (bicyclic) bond motifs is 1. The maximum absolute atomic E-state index is 11.1. The summed E-state index contributed by atoms with van der Waals surface area (Å²) in [6, 6.07) is 17.9. The third kappa shape index (κ3) is 3.15. The molecular weight excluding hydrogens is 332 g/mol. The minimum absolute atomic E-state index is 0.156. The number of pyridine rings is 1. The number of likely N-dealkylation sites (N-methyl/N-ethyl adjacent to an activating group) is 1. The SMILES string of the molecule is CN1CCCC1C(O)c1cc(-c2ccc(Cl)cc2)nc2ccccc12. The van der Waals surface area contributed by atoms with Crippen molar-refractivity contribution in [3.05, 3.63) is 65.2 Å². The number of likely N-dealkylation sites (tertiary alicyclic amines) is 1. The van der Waals surface area contributed by atoms with Gasteiger partial charge in [0.05, 0.1) is 17.3 Å². The molecule has 4 heteroatoms. The van der Waals surface area contributed by atoms with Gasteiger partial charge in [0.25, 0.3) is 0 Å². The van der Waals surface area contributed by atoms with Gasteiger partial charge < -0.3 is 10.0 Å². The molecule has 0 bridgehead atoms. The van der Waals surface area contributed by atoms with Crippen molar-refractivity contribution < 1.29 is 5.11 Å². The van der Waals surface area contributed by atoms with Gasteiger partial charge in [-0.3, -0.25) is 0 Å². The third-order valence-corrected chi connectivity index (χ3v) is 5.40. The Morgan fingerprint density at radius 1 is 1.16 bits per heavy atom. The van der Waals surface area contributed by atoms with E-state index in [0.29, 0.717) is 5.02 Å². The number of hydrogen-bond donors (Lipinski definition) is 1.